The van der Waals surface area contributed by atoms with E-state index in [0.717, 1.165) is 5.56 Å². The zero-order valence-electron chi connectivity index (χ0n) is 18.5. The van der Waals surface area contributed by atoms with Gasteiger partial charge >= 0.3 is 11.8 Å². The Labute approximate surface area is 197 Å². The number of carbonyl (C=O) groups is 3. The third-order valence-electron chi connectivity index (χ3n) is 5.18. The SMILES string of the molecule is COc1ccc(C(=O)N2CCOC2CNC(=O)C(=O)NCCc2ccc(S(N)(=O)=O)cc2)cc1. The minimum Gasteiger partial charge on any atom is -0.497 e. The molecule has 1 heterocycles. The monoisotopic (exact) mass is 490 g/mol. The lowest BCUT2D eigenvalue weighted by molar-refractivity contribution is -0.139. The van der Waals surface area contributed by atoms with Crippen LogP contribution >= 0.6 is 0 Å². The van der Waals surface area contributed by atoms with Crippen LogP contribution in [0.15, 0.2) is 53.4 Å². The van der Waals surface area contributed by atoms with Crippen molar-refractivity contribution in [1.82, 2.24) is 15.5 Å². The van der Waals surface area contributed by atoms with Gasteiger partial charge in [0.2, 0.25) is 10.0 Å². The summed E-state index contributed by atoms with van der Waals surface area (Å²) < 4.78 is 33.2. The first-order valence-electron chi connectivity index (χ1n) is 10.4. The fourth-order valence-corrected chi connectivity index (χ4v) is 3.84. The maximum absolute atomic E-state index is 12.8. The lowest BCUT2D eigenvalue weighted by atomic mass is 10.1. The van der Waals surface area contributed by atoms with Crippen LogP contribution in [-0.4, -0.2) is 70.6 Å². The predicted octanol–water partition coefficient (Wildman–Crippen LogP) is -0.384. The van der Waals surface area contributed by atoms with Crippen LogP contribution < -0.4 is 20.5 Å². The van der Waals surface area contributed by atoms with Gasteiger partial charge in [0.05, 0.1) is 25.2 Å². The minimum atomic E-state index is -3.77. The van der Waals surface area contributed by atoms with Crippen molar-refractivity contribution in [2.75, 3.05) is 33.4 Å². The second-order valence-corrected chi connectivity index (χ2v) is 9.02. The van der Waals surface area contributed by atoms with Crippen molar-refractivity contribution in [1.29, 1.82) is 0 Å². The molecule has 2 aromatic rings. The van der Waals surface area contributed by atoms with E-state index in [9.17, 15) is 22.8 Å². The Morgan fingerprint density at radius 2 is 1.71 bits per heavy atom. The summed E-state index contributed by atoms with van der Waals surface area (Å²) in [6.07, 6.45) is -0.302. The van der Waals surface area contributed by atoms with Crippen molar-refractivity contribution in [3.63, 3.8) is 0 Å². The van der Waals surface area contributed by atoms with Crippen molar-refractivity contribution < 1.29 is 32.3 Å². The average Bonchev–Trinajstić information content (AvgIpc) is 3.30. The number of ether oxygens (including phenoxy) is 2. The number of benzene rings is 2. The molecule has 182 valence electrons. The molecule has 0 aliphatic carbocycles. The van der Waals surface area contributed by atoms with Crippen LogP contribution in [0.1, 0.15) is 15.9 Å². The third-order valence-corrected chi connectivity index (χ3v) is 6.11. The van der Waals surface area contributed by atoms with Crippen molar-refractivity contribution >= 4 is 27.7 Å². The highest BCUT2D eigenvalue weighted by Gasteiger charge is 2.31. The zero-order chi connectivity index (χ0) is 24.7. The highest BCUT2D eigenvalue weighted by Crippen LogP contribution is 2.17. The molecule has 11 nitrogen and oxygen atoms in total. The molecule has 0 radical (unpaired) electrons. The number of carbonyl (C=O) groups excluding carboxylic acids is 3. The molecular formula is C22H26N4O7S. The Hall–Kier alpha value is -3.48. The molecule has 2 aromatic carbocycles. The number of sulfonamides is 1. The van der Waals surface area contributed by atoms with Gasteiger partial charge in [-0.3, -0.25) is 14.4 Å². The largest absolute Gasteiger partial charge is 0.497 e. The Balaban J connectivity index is 1.44. The van der Waals surface area contributed by atoms with Crippen LogP contribution in [0.25, 0.3) is 0 Å². The number of hydrogen-bond donors (Lipinski definition) is 3. The van der Waals surface area contributed by atoms with Crippen LogP contribution in [0.4, 0.5) is 0 Å². The molecule has 1 aliphatic rings. The summed E-state index contributed by atoms with van der Waals surface area (Å²) in [4.78, 5) is 38.5. The predicted molar refractivity (Wildman–Crippen MR) is 121 cm³/mol. The van der Waals surface area contributed by atoms with E-state index in [1.165, 1.54) is 24.1 Å². The maximum Gasteiger partial charge on any atom is 0.309 e. The quantitative estimate of drug-likeness (QED) is 0.426. The van der Waals surface area contributed by atoms with Crippen LogP contribution in [0.2, 0.25) is 0 Å². The Kier molecular flexibility index (Phi) is 8.21. The van der Waals surface area contributed by atoms with E-state index in [0.29, 0.717) is 30.9 Å². The Morgan fingerprint density at radius 3 is 2.32 bits per heavy atom. The van der Waals surface area contributed by atoms with Crippen LogP contribution in [0, 0.1) is 0 Å². The molecule has 4 N–H and O–H groups in total. The fraction of sp³-hybridized carbons (Fsp3) is 0.318. The standard InChI is InChI=1S/C22H26N4O7S/c1-32-17-6-4-16(5-7-17)22(29)26-12-13-33-19(26)14-25-21(28)20(27)24-11-10-15-2-8-18(9-3-15)34(23,30)31/h2-9,19H,10-14H2,1H3,(H,24,27)(H,25,28)(H2,23,30,31). The number of hydrogen-bond acceptors (Lipinski definition) is 7. The molecule has 3 amide bonds. The molecule has 1 aliphatic heterocycles. The van der Waals surface area contributed by atoms with Gasteiger partial charge in [-0.05, 0) is 48.4 Å². The summed E-state index contributed by atoms with van der Waals surface area (Å²) in [6.45, 7) is 0.812. The number of methoxy groups -OCH3 is 1. The van der Waals surface area contributed by atoms with Gasteiger partial charge < -0.3 is 25.0 Å². The van der Waals surface area contributed by atoms with Crippen molar-refractivity contribution in [3.8, 4) is 5.75 Å². The van der Waals surface area contributed by atoms with Gasteiger partial charge in [0.25, 0.3) is 5.91 Å². The van der Waals surface area contributed by atoms with Gasteiger partial charge in [-0.25, -0.2) is 13.6 Å². The Bertz CT molecular complexity index is 1130. The van der Waals surface area contributed by atoms with Crippen LogP contribution in [0.5, 0.6) is 5.75 Å². The molecule has 0 spiro atoms. The topological polar surface area (TPSA) is 157 Å². The highest BCUT2D eigenvalue weighted by molar-refractivity contribution is 7.89. The number of rotatable bonds is 8. The number of nitrogens with one attached hydrogen (secondary N) is 2. The second kappa shape index (κ2) is 11.1. The van der Waals surface area contributed by atoms with Gasteiger partial charge in [-0.15, -0.1) is 0 Å². The van der Waals surface area contributed by atoms with E-state index in [1.807, 2.05) is 0 Å². The van der Waals surface area contributed by atoms with E-state index in [1.54, 1.807) is 36.4 Å². The molecule has 1 fully saturated rings. The fourth-order valence-electron chi connectivity index (χ4n) is 3.33. The Morgan fingerprint density at radius 1 is 1.06 bits per heavy atom. The third kappa shape index (κ3) is 6.53. The molecule has 1 unspecified atom stereocenters. The average molecular weight is 491 g/mol. The van der Waals surface area contributed by atoms with Gasteiger partial charge in [0.15, 0.2) is 0 Å². The number of nitrogens with two attached hydrogens (primary N) is 1. The normalized spacial score (nSPS) is 15.6. The molecule has 0 saturated carbocycles. The van der Waals surface area contributed by atoms with Crippen molar-refractivity contribution in [2.24, 2.45) is 5.14 Å². The summed E-state index contributed by atoms with van der Waals surface area (Å²) in [6, 6.07) is 12.6. The van der Waals surface area contributed by atoms with Gasteiger partial charge in [-0.2, -0.15) is 0 Å². The molecule has 34 heavy (non-hydrogen) atoms. The zero-order valence-corrected chi connectivity index (χ0v) is 19.3. The highest BCUT2D eigenvalue weighted by atomic mass is 32.2. The molecule has 0 aromatic heterocycles. The van der Waals surface area contributed by atoms with E-state index < -0.39 is 28.1 Å². The second-order valence-electron chi connectivity index (χ2n) is 7.46. The van der Waals surface area contributed by atoms with E-state index >= 15 is 0 Å². The molecule has 3 rings (SSSR count). The first-order chi connectivity index (χ1) is 16.2. The minimum absolute atomic E-state index is 0.00619. The smallest absolute Gasteiger partial charge is 0.309 e. The van der Waals surface area contributed by atoms with E-state index in [2.05, 4.69) is 10.6 Å². The molecule has 0 bridgehead atoms. The number of nitrogens with zero attached hydrogens (tertiary/aromatic N) is 1. The molecule has 1 atom stereocenters. The number of primary sulfonamides is 1. The van der Waals surface area contributed by atoms with Gasteiger partial charge in [0.1, 0.15) is 12.0 Å². The van der Waals surface area contributed by atoms with E-state index in [-0.39, 0.29) is 23.9 Å². The molecule has 1 saturated heterocycles. The van der Waals surface area contributed by atoms with E-state index in [4.69, 9.17) is 14.6 Å². The van der Waals surface area contributed by atoms with Crippen molar-refractivity contribution in [2.45, 2.75) is 17.5 Å². The summed E-state index contributed by atoms with van der Waals surface area (Å²) in [5.41, 5.74) is 1.22. The first-order valence-corrected chi connectivity index (χ1v) is 12.0. The summed E-state index contributed by atoms with van der Waals surface area (Å²) in [7, 11) is -2.23. The number of amides is 3. The lowest BCUT2D eigenvalue weighted by Gasteiger charge is -2.23. The molecular weight excluding hydrogens is 464 g/mol. The van der Waals surface area contributed by atoms with Crippen LogP contribution in [0.3, 0.4) is 0 Å². The van der Waals surface area contributed by atoms with Gasteiger partial charge in [0, 0.05) is 18.7 Å². The molecule has 12 heteroatoms. The van der Waals surface area contributed by atoms with Crippen LogP contribution in [-0.2, 0) is 30.8 Å². The van der Waals surface area contributed by atoms with Gasteiger partial charge in [-0.1, -0.05) is 12.1 Å². The first kappa shape index (κ1) is 25.1. The van der Waals surface area contributed by atoms with Crippen molar-refractivity contribution in [3.05, 3.63) is 59.7 Å². The summed E-state index contributed by atoms with van der Waals surface area (Å²) in [5.74, 6) is -1.30. The summed E-state index contributed by atoms with van der Waals surface area (Å²) in [5, 5.41) is 10.0. The lowest BCUT2D eigenvalue weighted by Crippen LogP contribution is -2.47. The maximum atomic E-state index is 12.8. The summed E-state index contributed by atoms with van der Waals surface area (Å²) >= 11 is 0.